The summed E-state index contributed by atoms with van der Waals surface area (Å²) in [5.41, 5.74) is 4.56. The standard InChI is InChI=1S/C24H23N3O6S/c28-19(23(30)31)9-10-25-22(29)20-11-26-21(34-20)12-27-24(32)33-13-18-16-7-3-1-5-14(16)15-6-2-4-8-17(15)18/h1-8,11,18-19,28H,9-10,12-13H2,(H,25,29)(H,27,32)(H,30,31). The molecule has 0 radical (unpaired) electrons. The number of alkyl carbamates (subject to hydrolysis) is 1. The molecule has 0 bridgehead atoms. The van der Waals surface area contributed by atoms with Crippen LogP contribution in [0, 0.1) is 0 Å². The van der Waals surface area contributed by atoms with E-state index < -0.39 is 24.1 Å². The molecule has 0 fully saturated rings. The first-order valence-electron chi connectivity index (χ1n) is 10.7. The van der Waals surface area contributed by atoms with Gasteiger partial charge in [-0.3, -0.25) is 4.79 Å². The van der Waals surface area contributed by atoms with Crippen LogP contribution in [-0.2, 0) is 16.1 Å². The van der Waals surface area contributed by atoms with Crippen LogP contribution in [0.15, 0.2) is 54.7 Å². The van der Waals surface area contributed by atoms with E-state index in [0.717, 1.165) is 33.6 Å². The number of hydrogen-bond donors (Lipinski definition) is 4. The number of fused-ring (bicyclic) bond motifs is 3. The van der Waals surface area contributed by atoms with Crippen molar-refractivity contribution in [1.29, 1.82) is 0 Å². The second kappa shape index (κ2) is 10.4. The highest BCUT2D eigenvalue weighted by Gasteiger charge is 2.29. The highest BCUT2D eigenvalue weighted by molar-refractivity contribution is 7.13. The first-order chi connectivity index (χ1) is 16.4. The Morgan fingerprint density at radius 1 is 1.03 bits per heavy atom. The molecular formula is C24H23N3O6S. The van der Waals surface area contributed by atoms with E-state index in [2.05, 4.69) is 27.8 Å². The van der Waals surface area contributed by atoms with Gasteiger partial charge in [0, 0.05) is 18.9 Å². The van der Waals surface area contributed by atoms with Crippen molar-refractivity contribution >= 4 is 29.3 Å². The molecule has 1 atom stereocenters. The molecule has 0 saturated heterocycles. The van der Waals surface area contributed by atoms with Gasteiger partial charge in [-0.05, 0) is 22.3 Å². The first kappa shape index (κ1) is 23.4. The molecular weight excluding hydrogens is 458 g/mol. The molecule has 34 heavy (non-hydrogen) atoms. The number of nitrogens with zero attached hydrogens (tertiary/aromatic N) is 1. The number of amides is 2. The molecule has 2 aromatic carbocycles. The van der Waals surface area contributed by atoms with E-state index in [0.29, 0.717) is 9.88 Å². The smallest absolute Gasteiger partial charge is 0.407 e. The molecule has 0 saturated carbocycles. The molecule has 10 heteroatoms. The molecule has 4 rings (SSSR count). The first-order valence-corrected chi connectivity index (χ1v) is 11.5. The zero-order chi connectivity index (χ0) is 24.1. The van der Waals surface area contributed by atoms with Crippen molar-refractivity contribution in [3.05, 3.63) is 75.7 Å². The number of nitrogens with one attached hydrogen (secondary N) is 2. The third kappa shape index (κ3) is 5.24. The van der Waals surface area contributed by atoms with Crippen LogP contribution in [0.3, 0.4) is 0 Å². The Morgan fingerprint density at radius 3 is 2.32 bits per heavy atom. The van der Waals surface area contributed by atoms with Crippen LogP contribution in [0.5, 0.6) is 0 Å². The minimum absolute atomic E-state index is 0.0114. The summed E-state index contributed by atoms with van der Waals surface area (Å²) in [6, 6.07) is 16.2. The summed E-state index contributed by atoms with van der Waals surface area (Å²) in [6.07, 6.45) is -0.831. The second-order valence-corrected chi connectivity index (χ2v) is 8.81. The van der Waals surface area contributed by atoms with Gasteiger partial charge in [0.15, 0.2) is 6.10 Å². The molecule has 4 N–H and O–H groups in total. The molecule has 2 amide bonds. The maximum Gasteiger partial charge on any atom is 0.407 e. The van der Waals surface area contributed by atoms with Crippen LogP contribution < -0.4 is 10.6 Å². The van der Waals surface area contributed by atoms with Crippen molar-refractivity contribution in [2.45, 2.75) is 25.0 Å². The third-order valence-electron chi connectivity index (χ3n) is 5.49. The Hall–Kier alpha value is -3.76. The van der Waals surface area contributed by atoms with E-state index in [-0.39, 0.29) is 32.0 Å². The molecule has 9 nitrogen and oxygen atoms in total. The van der Waals surface area contributed by atoms with Gasteiger partial charge in [-0.2, -0.15) is 0 Å². The van der Waals surface area contributed by atoms with Gasteiger partial charge in [-0.1, -0.05) is 48.5 Å². The van der Waals surface area contributed by atoms with E-state index in [1.165, 1.54) is 6.20 Å². The topological polar surface area (TPSA) is 138 Å². The number of aliphatic hydroxyl groups is 1. The van der Waals surface area contributed by atoms with Gasteiger partial charge in [0.25, 0.3) is 5.91 Å². The van der Waals surface area contributed by atoms with Gasteiger partial charge in [-0.25, -0.2) is 14.6 Å². The highest BCUT2D eigenvalue weighted by atomic mass is 32.1. The van der Waals surface area contributed by atoms with E-state index >= 15 is 0 Å². The zero-order valence-corrected chi connectivity index (χ0v) is 18.9. The minimum atomic E-state index is -1.53. The summed E-state index contributed by atoms with van der Waals surface area (Å²) in [5, 5.41) is 23.6. The van der Waals surface area contributed by atoms with Crippen molar-refractivity contribution in [3.63, 3.8) is 0 Å². The SMILES string of the molecule is O=C(NCc1ncc(C(=O)NCCC(O)C(=O)O)s1)OCC1c2ccccc2-c2ccccc21. The number of carbonyl (C=O) groups excluding carboxylic acids is 2. The monoisotopic (exact) mass is 481 g/mol. The van der Waals surface area contributed by atoms with E-state index in [1.807, 2.05) is 36.4 Å². The fourth-order valence-corrected chi connectivity index (χ4v) is 4.60. The van der Waals surface area contributed by atoms with Crippen LogP contribution in [-0.4, -0.2) is 52.4 Å². The minimum Gasteiger partial charge on any atom is -0.479 e. The molecule has 1 aliphatic carbocycles. The fourth-order valence-electron chi connectivity index (χ4n) is 3.83. The molecule has 0 aliphatic heterocycles. The van der Waals surface area contributed by atoms with Crippen LogP contribution in [0.1, 0.15) is 38.1 Å². The van der Waals surface area contributed by atoms with Gasteiger partial charge < -0.3 is 25.6 Å². The number of ether oxygens (including phenoxy) is 1. The van der Waals surface area contributed by atoms with Gasteiger partial charge in [0.2, 0.25) is 0 Å². The van der Waals surface area contributed by atoms with Crippen LogP contribution in [0.4, 0.5) is 4.79 Å². The fraction of sp³-hybridized carbons (Fsp3) is 0.250. The van der Waals surface area contributed by atoms with Crippen LogP contribution in [0.25, 0.3) is 11.1 Å². The van der Waals surface area contributed by atoms with E-state index in [1.54, 1.807) is 0 Å². The molecule has 1 unspecified atom stereocenters. The van der Waals surface area contributed by atoms with Gasteiger partial charge in [0.1, 0.15) is 16.5 Å². The Balaban J connectivity index is 1.26. The quantitative estimate of drug-likeness (QED) is 0.369. The lowest BCUT2D eigenvalue weighted by molar-refractivity contribution is -0.146. The average molecular weight is 482 g/mol. The molecule has 3 aromatic rings. The number of carboxylic acid groups (broad SMARTS) is 1. The summed E-state index contributed by atoms with van der Waals surface area (Å²) in [4.78, 5) is 39.4. The summed E-state index contributed by atoms with van der Waals surface area (Å²) >= 11 is 1.10. The van der Waals surface area contributed by atoms with E-state index in [4.69, 9.17) is 9.84 Å². The number of rotatable bonds is 9. The lowest BCUT2D eigenvalue weighted by atomic mass is 9.98. The molecule has 1 aliphatic rings. The number of thiazole rings is 1. The predicted molar refractivity (Wildman–Crippen MR) is 125 cm³/mol. The zero-order valence-electron chi connectivity index (χ0n) is 18.1. The highest BCUT2D eigenvalue weighted by Crippen LogP contribution is 2.44. The Morgan fingerprint density at radius 2 is 1.68 bits per heavy atom. The van der Waals surface area contributed by atoms with Crippen molar-refractivity contribution in [3.8, 4) is 11.1 Å². The number of benzene rings is 2. The van der Waals surface area contributed by atoms with Gasteiger partial charge >= 0.3 is 12.1 Å². The van der Waals surface area contributed by atoms with Crippen molar-refractivity contribution < 1.29 is 29.3 Å². The summed E-state index contributed by atoms with van der Waals surface area (Å²) in [7, 11) is 0. The lowest BCUT2D eigenvalue weighted by Crippen LogP contribution is -2.29. The number of carboxylic acids is 1. The number of hydrogen-bond acceptors (Lipinski definition) is 7. The van der Waals surface area contributed by atoms with Crippen molar-refractivity contribution in [2.75, 3.05) is 13.2 Å². The maximum atomic E-state index is 12.3. The third-order valence-corrected chi connectivity index (χ3v) is 6.49. The molecule has 0 spiro atoms. The second-order valence-electron chi connectivity index (χ2n) is 7.70. The molecule has 1 aromatic heterocycles. The van der Waals surface area contributed by atoms with Crippen LogP contribution >= 0.6 is 11.3 Å². The molecule has 1 heterocycles. The number of aliphatic hydroxyl groups excluding tert-OH is 1. The van der Waals surface area contributed by atoms with Gasteiger partial charge in [0.05, 0.1) is 12.7 Å². The Kier molecular flexibility index (Phi) is 7.19. The van der Waals surface area contributed by atoms with Gasteiger partial charge in [-0.15, -0.1) is 11.3 Å². The number of aliphatic carboxylic acids is 1. The maximum absolute atomic E-state index is 12.3. The lowest BCUT2D eigenvalue weighted by Gasteiger charge is -2.14. The van der Waals surface area contributed by atoms with E-state index in [9.17, 15) is 19.5 Å². The molecule has 176 valence electrons. The number of aromatic nitrogens is 1. The summed E-state index contributed by atoms with van der Waals surface area (Å²) in [5.74, 6) is -1.80. The summed E-state index contributed by atoms with van der Waals surface area (Å²) < 4.78 is 5.49. The average Bonchev–Trinajstić information content (AvgIpc) is 3.44. The van der Waals surface area contributed by atoms with Crippen molar-refractivity contribution in [2.24, 2.45) is 0 Å². The van der Waals surface area contributed by atoms with Crippen molar-refractivity contribution in [1.82, 2.24) is 15.6 Å². The summed E-state index contributed by atoms with van der Waals surface area (Å²) in [6.45, 7) is 0.317. The Labute approximate surface area is 199 Å². The largest absolute Gasteiger partial charge is 0.479 e. The van der Waals surface area contributed by atoms with Crippen LogP contribution in [0.2, 0.25) is 0 Å². The number of carbonyl (C=O) groups is 3. The normalized spacial score (nSPS) is 13.0. The Bertz CT molecular complexity index is 1170. The predicted octanol–water partition coefficient (Wildman–Crippen LogP) is 2.75.